The lowest BCUT2D eigenvalue weighted by molar-refractivity contribution is -0.149. The van der Waals surface area contributed by atoms with Crippen LogP contribution in [0.2, 0.25) is 5.02 Å². The van der Waals surface area contributed by atoms with Crippen LogP contribution in [0.5, 0.6) is 5.75 Å². The number of primary amides is 1. The van der Waals surface area contributed by atoms with Gasteiger partial charge in [0, 0.05) is 5.02 Å². The first kappa shape index (κ1) is 17.8. The van der Waals surface area contributed by atoms with Crippen molar-refractivity contribution >= 4 is 45.7 Å². The van der Waals surface area contributed by atoms with E-state index in [2.05, 4.69) is 5.32 Å². The van der Waals surface area contributed by atoms with Crippen LogP contribution in [0.3, 0.4) is 0 Å². The molecule has 7 nitrogen and oxygen atoms in total. The van der Waals surface area contributed by atoms with Crippen LogP contribution >= 0.6 is 22.9 Å². The van der Waals surface area contributed by atoms with E-state index in [1.807, 2.05) is 0 Å². The second kappa shape index (κ2) is 8.32. The van der Waals surface area contributed by atoms with Gasteiger partial charge in [-0.3, -0.25) is 9.59 Å². The third-order valence-corrected chi connectivity index (χ3v) is 3.80. The van der Waals surface area contributed by atoms with Crippen LogP contribution < -0.4 is 15.8 Å². The molecule has 2 amide bonds. The van der Waals surface area contributed by atoms with E-state index in [4.69, 9.17) is 26.8 Å². The van der Waals surface area contributed by atoms with Gasteiger partial charge in [0.2, 0.25) is 0 Å². The molecule has 1 aromatic carbocycles. The zero-order valence-corrected chi connectivity index (χ0v) is 13.9. The van der Waals surface area contributed by atoms with Crippen molar-refractivity contribution in [2.75, 3.05) is 18.5 Å². The molecular weight excluding hydrogens is 356 g/mol. The Bertz CT molecular complexity index is 745. The zero-order chi connectivity index (χ0) is 17.5. The van der Waals surface area contributed by atoms with Crippen molar-refractivity contribution in [3.63, 3.8) is 0 Å². The summed E-state index contributed by atoms with van der Waals surface area (Å²) in [6.45, 7) is -0.848. The van der Waals surface area contributed by atoms with E-state index < -0.39 is 24.4 Å². The van der Waals surface area contributed by atoms with Gasteiger partial charge >= 0.3 is 5.97 Å². The van der Waals surface area contributed by atoms with E-state index in [1.54, 1.807) is 29.6 Å². The second-order valence-electron chi connectivity index (χ2n) is 4.48. The second-order valence-corrected chi connectivity index (χ2v) is 5.83. The van der Waals surface area contributed by atoms with E-state index in [0.717, 1.165) is 11.3 Å². The number of carbonyl (C=O) groups excluding carboxylic acids is 3. The molecule has 0 aliphatic carbocycles. The van der Waals surface area contributed by atoms with Gasteiger partial charge in [-0.2, -0.15) is 0 Å². The van der Waals surface area contributed by atoms with Crippen LogP contribution in [0.25, 0.3) is 0 Å². The molecule has 1 heterocycles. The summed E-state index contributed by atoms with van der Waals surface area (Å²) in [7, 11) is 0. The van der Waals surface area contributed by atoms with E-state index in [-0.39, 0.29) is 12.2 Å². The molecule has 3 N–H and O–H groups in total. The molecule has 24 heavy (non-hydrogen) atoms. The van der Waals surface area contributed by atoms with Crippen LogP contribution in [0.1, 0.15) is 10.4 Å². The van der Waals surface area contributed by atoms with Crippen molar-refractivity contribution in [2.45, 2.75) is 0 Å². The van der Waals surface area contributed by atoms with Gasteiger partial charge in [-0.25, -0.2) is 4.79 Å². The Kier molecular flexibility index (Phi) is 6.16. The third kappa shape index (κ3) is 5.25. The first-order chi connectivity index (χ1) is 11.5. The van der Waals surface area contributed by atoms with Gasteiger partial charge < -0.3 is 20.5 Å². The molecular formula is C15H13ClN2O5S. The lowest BCUT2D eigenvalue weighted by atomic mass is 10.3. The highest BCUT2D eigenvalue weighted by atomic mass is 35.5. The smallest absolute Gasteiger partial charge is 0.344 e. The number of nitrogens with one attached hydrogen (secondary N) is 1. The number of nitrogens with two attached hydrogens (primary N) is 1. The minimum Gasteiger partial charge on any atom is -0.482 e. The first-order valence-corrected chi connectivity index (χ1v) is 7.92. The molecule has 0 fully saturated rings. The molecule has 2 rings (SSSR count). The fourth-order valence-corrected chi connectivity index (χ4v) is 2.56. The van der Waals surface area contributed by atoms with Crippen LogP contribution in [0, 0.1) is 0 Å². The molecule has 0 bridgehead atoms. The molecule has 0 saturated heterocycles. The fourth-order valence-electron chi connectivity index (χ4n) is 1.62. The van der Waals surface area contributed by atoms with Crippen LogP contribution in [0.4, 0.5) is 5.00 Å². The Morgan fingerprint density at radius 2 is 1.83 bits per heavy atom. The van der Waals surface area contributed by atoms with Crippen LogP contribution in [-0.4, -0.2) is 31.0 Å². The van der Waals surface area contributed by atoms with Gasteiger partial charge in [0.05, 0.1) is 5.56 Å². The summed E-state index contributed by atoms with van der Waals surface area (Å²) in [5.41, 5.74) is 5.37. The molecule has 2 aromatic rings. The summed E-state index contributed by atoms with van der Waals surface area (Å²) < 4.78 is 9.97. The highest BCUT2D eigenvalue weighted by Crippen LogP contribution is 2.22. The van der Waals surface area contributed by atoms with Crippen LogP contribution in [0.15, 0.2) is 35.7 Å². The number of hydrogen-bond acceptors (Lipinski definition) is 6. The van der Waals surface area contributed by atoms with Crippen LogP contribution in [-0.2, 0) is 14.3 Å². The summed E-state index contributed by atoms with van der Waals surface area (Å²) in [6.07, 6.45) is 0. The summed E-state index contributed by atoms with van der Waals surface area (Å²) >= 11 is 6.87. The van der Waals surface area contributed by atoms with Gasteiger partial charge in [-0.15, -0.1) is 11.3 Å². The largest absolute Gasteiger partial charge is 0.482 e. The number of ether oxygens (including phenoxy) is 2. The number of anilines is 1. The first-order valence-electron chi connectivity index (χ1n) is 6.67. The maximum Gasteiger partial charge on any atom is 0.344 e. The predicted octanol–water partition coefficient (Wildman–Crippen LogP) is 2.06. The Morgan fingerprint density at radius 1 is 1.12 bits per heavy atom. The van der Waals surface area contributed by atoms with E-state index >= 15 is 0 Å². The van der Waals surface area contributed by atoms with Gasteiger partial charge in [0.15, 0.2) is 13.2 Å². The van der Waals surface area contributed by atoms with Crippen molar-refractivity contribution in [1.29, 1.82) is 0 Å². The molecule has 9 heteroatoms. The Morgan fingerprint density at radius 3 is 2.50 bits per heavy atom. The van der Waals surface area contributed by atoms with Gasteiger partial charge in [-0.05, 0) is 35.7 Å². The number of thiophene rings is 1. The highest BCUT2D eigenvalue weighted by molar-refractivity contribution is 7.14. The summed E-state index contributed by atoms with van der Waals surface area (Å²) in [5.74, 6) is -1.49. The predicted molar refractivity (Wildman–Crippen MR) is 89.4 cm³/mol. The molecule has 0 saturated carbocycles. The zero-order valence-electron chi connectivity index (χ0n) is 12.3. The number of benzene rings is 1. The van der Waals surface area contributed by atoms with Gasteiger partial charge in [0.25, 0.3) is 11.8 Å². The Hall–Kier alpha value is -2.58. The van der Waals surface area contributed by atoms with Gasteiger partial charge in [0.1, 0.15) is 10.8 Å². The van der Waals surface area contributed by atoms with E-state index in [0.29, 0.717) is 15.8 Å². The lowest BCUT2D eigenvalue weighted by Gasteiger charge is -2.07. The van der Waals surface area contributed by atoms with Crippen molar-refractivity contribution in [3.05, 3.63) is 46.3 Å². The summed E-state index contributed by atoms with van der Waals surface area (Å²) in [4.78, 5) is 34.4. The lowest BCUT2D eigenvalue weighted by Crippen LogP contribution is -2.24. The highest BCUT2D eigenvalue weighted by Gasteiger charge is 2.14. The summed E-state index contributed by atoms with van der Waals surface area (Å²) in [6, 6.07) is 7.93. The quantitative estimate of drug-likeness (QED) is 0.727. The molecule has 0 radical (unpaired) electrons. The molecule has 1 aromatic heterocycles. The van der Waals surface area contributed by atoms with E-state index in [1.165, 1.54) is 6.07 Å². The number of rotatable bonds is 7. The molecule has 126 valence electrons. The molecule has 0 atom stereocenters. The maximum atomic E-state index is 11.7. The number of esters is 1. The van der Waals surface area contributed by atoms with Crippen molar-refractivity contribution in [3.8, 4) is 5.75 Å². The third-order valence-electron chi connectivity index (χ3n) is 2.72. The average molecular weight is 369 g/mol. The van der Waals surface area contributed by atoms with Gasteiger partial charge in [-0.1, -0.05) is 11.6 Å². The minimum atomic E-state index is -0.707. The molecule has 0 spiro atoms. The van der Waals surface area contributed by atoms with Crippen molar-refractivity contribution in [2.24, 2.45) is 5.73 Å². The number of halogens is 1. The number of amides is 2. The van der Waals surface area contributed by atoms with Crippen molar-refractivity contribution in [1.82, 2.24) is 0 Å². The monoisotopic (exact) mass is 368 g/mol. The average Bonchev–Trinajstić information content (AvgIpc) is 3.00. The Balaban J connectivity index is 1.75. The fraction of sp³-hybridized carbons (Fsp3) is 0.133. The normalized spacial score (nSPS) is 10.0. The molecule has 0 unspecified atom stereocenters. The van der Waals surface area contributed by atoms with Crippen molar-refractivity contribution < 1.29 is 23.9 Å². The maximum absolute atomic E-state index is 11.7. The molecule has 0 aliphatic rings. The number of hydrogen-bond donors (Lipinski definition) is 2. The SMILES string of the molecule is NC(=O)c1ccsc1NC(=O)COC(=O)COc1ccc(Cl)cc1. The number of carbonyl (C=O) groups is 3. The molecule has 0 aliphatic heterocycles. The standard InChI is InChI=1S/C15H13ClN2O5S/c16-9-1-3-10(4-2-9)22-8-13(20)23-7-12(19)18-15-11(14(17)21)5-6-24-15/h1-6H,7-8H2,(H2,17,21)(H,18,19). The topological polar surface area (TPSA) is 108 Å². The minimum absolute atomic E-state index is 0.200. The summed E-state index contributed by atoms with van der Waals surface area (Å²) in [5, 5.41) is 4.92. The Labute approximate surface area is 146 Å². The van der Waals surface area contributed by atoms with E-state index in [9.17, 15) is 14.4 Å².